The third-order valence-corrected chi connectivity index (χ3v) is 3.92. The lowest BCUT2D eigenvalue weighted by atomic mass is 10.0. The number of carboxylic acids is 1. The molecular weight excluding hydrogens is 272 g/mol. The maximum absolute atomic E-state index is 10.7. The maximum atomic E-state index is 10.7. The Bertz CT molecular complexity index is 585. The Kier molecular flexibility index (Phi) is 4.74. The molecule has 1 aromatic carbocycles. The molecule has 106 valence electrons. The van der Waals surface area contributed by atoms with E-state index in [1.54, 1.807) is 5.38 Å². The summed E-state index contributed by atoms with van der Waals surface area (Å²) in [5, 5.41) is 14.7. The van der Waals surface area contributed by atoms with Crippen LogP contribution in [-0.4, -0.2) is 16.1 Å². The molecule has 0 aliphatic rings. The molecule has 0 atom stereocenters. The third-order valence-electron chi connectivity index (χ3n) is 3.11. The Hall–Kier alpha value is -1.88. The number of aromatic nitrogens is 1. The van der Waals surface area contributed by atoms with Gasteiger partial charge in [0.25, 0.3) is 0 Å². The first-order chi connectivity index (χ1) is 9.63. The number of hydrogen-bond acceptors (Lipinski definition) is 4. The van der Waals surface area contributed by atoms with Crippen LogP contribution in [0.4, 0.5) is 10.8 Å². The first-order valence-corrected chi connectivity index (χ1v) is 7.56. The van der Waals surface area contributed by atoms with Crippen LogP contribution in [0, 0.1) is 0 Å². The lowest BCUT2D eigenvalue weighted by molar-refractivity contribution is -0.136. The molecular formula is C15H18N2O2S. The van der Waals surface area contributed by atoms with Gasteiger partial charge in [0.15, 0.2) is 5.13 Å². The number of nitrogens with one attached hydrogen (secondary N) is 1. The number of para-hydroxylation sites is 1. The Labute approximate surface area is 122 Å². The lowest BCUT2D eigenvalue weighted by Crippen LogP contribution is -2.02. The molecule has 2 aromatic rings. The Morgan fingerprint density at radius 2 is 1.95 bits per heavy atom. The van der Waals surface area contributed by atoms with E-state index in [2.05, 4.69) is 42.3 Å². The minimum absolute atomic E-state index is 0.0335. The van der Waals surface area contributed by atoms with Crippen molar-refractivity contribution in [2.75, 3.05) is 5.32 Å². The van der Waals surface area contributed by atoms with Gasteiger partial charge in [-0.3, -0.25) is 4.79 Å². The number of carbonyl (C=O) groups is 1. The second kappa shape index (κ2) is 6.52. The SMILES string of the molecule is CCc1cccc(CC)c1Nc1nc(CC(=O)O)cs1. The summed E-state index contributed by atoms with van der Waals surface area (Å²) in [6, 6.07) is 6.28. The second-order valence-corrected chi connectivity index (χ2v) is 5.36. The van der Waals surface area contributed by atoms with Gasteiger partial charge in [-0.2, -0.15) is 0 Å². The van der Waals surface area contributed by atoms with Crippen LogP contribution in [-0.2, 0) is 24.1 Å². The van der Waals surface area contributed by atoms with Crippen LogP contribution in [0.25, 0.3) is 0 Å². The summed E-state index contributed by atoms with van der Waals surface area (Å²) in [5.74, 6) is -0.856. The van der Waals surface area contributed by atoms with Gasteiger partial charge in [0.1, 0.15) is 0 Å². The van der Waals surface area contributed by atoms with Gasteiger partial charge in [-0.05, 0) is 24.0 Å². The summed E-state index contributed by atoms with van der Waals surface area (Å²) in [4.78, 5) is 15.0. The molecule has 4 nitrogen and oxygen atoms in total. The van der Waals surface area contributed by atoms with Gasteiger partial charge in [-0.15, -0.1) is 11.3 Å². The van der Waals surface area contributed by atoms with Gasteiger partial charge in [0.2, 0.25) is 0 Å². The number of hydrogen-bond donors (Lipinski definition) is 2. The zero-order valence-electron chi connectivity index (χ0n) is 11.6. The average Bonchev–Trinajstić information content (AvgIpc) is 2.85. The van der Waals surface area contributed by atoms with Crippen LogP contribution in [0.2, 0.25) is 0 Å². The molecule has 0 unspecified atom stereocenters. The largest absolute Gasteiger partial charge is 0.481 e. The minimum Gasteiger partial charge on any atom is -0.481 e. The summed E-state index contributed by atoms with van der Waals surface area (Å²) >= 11 is 1.44. The van der Waals surface area contributed by atoms with Crippen molar-refractivity contribution >= 4 is 28.1 Å². The summed E-state index contributed by atoms with van der Waals surface area (Å²) in [5.41, 5.74) is 4.20. The predicted octanol–water partition coefficient (Wildman–Crippen LogP) is 3.64. The molecule has 0 spiro atoms. The van der Waals surface area contributed by atoms with Crippen molar-refractivity contribution in [3.63, 3.8) is 0 Å². The van der Waals surface area contributed by atoms with Crippen molar-refractivity contribution in [2.45, 2.75) is 33.1 Å². The van der Waals surface area contributed by atoms with E-state index in [0.717, 1.165) is 23.7 Å². The molecule has 0 aliphatic heterocycles. The zero-order valence-corrected chi connectivity index (χ0v) is 12.5. The van der Waals surface area contributed by atoms with Gasteiger partial charge in [0.05, 0.1) is 12.1 Å². The molecule has 0 fully saturated rings. The van der Waals surface area contributed by atoms with E-state index >= 15 is 0 Å². The quantitative estimate of drug-likeness (QED) is 0.852. The highest BCUT2D eigenvalue weighted by Crippen LogP contribution is 2.28. The maximum Gasteiger partial charge on any atom is 0.309 e. The van der Waals surface area contributed by atoms with Crippen molar-refractivity contribution in [1.82, 2.24) is 4.98 Å². The topological polar surface area (TPSA) is 62.2 Å². The van der Waals surface area contributed by atoms with Crippen LogP contribution in [0.1, 0.15) is 30.7 Å². The molecule has 1 heterocycles. The fraction of sp³-hybridized carbons (Fsp3) is 0.333. The number of nitrogens with zero attached hydrogens (tertiary/aromatic N) is 1. The van der Waals surface area contributed by atoms with Crippen LogP contribution < -0.4 is 5.32 Å². The first-order valence-electron chi connectivity index (χ1n) is 6.68. The Morgan fingerprint density at radius 3 is 2.50 bits per heavy atom. The molecule has 0 saturated heterocycles. The Morgan fingerprint density at radius 1 is 1.30 bits per heavy atom. The fourth-order valence-electron chi connectivity index (χ4n) is 2.11. The van der Waals surface area contributed by atoms with E-state index in [1.165, 1.54) is 22.5 Å². The highest BCUT2D eigenvalue weighted by atomic mass is 32.1. The molecule has 0 aliphatic carbocycles. The van der Waals surface area contributed by atoms with Crippen molar-refractivity contribution in [1.29, 1.82) is 0 Å². The molecule has 0 amide bonds. The molecule has 0 bridgehead atoms. The van der Waals surface area contributed by atoms with E-state index in [1.807, 2.05) is 0 Å². The molecule has 2 rings (SSSR count). The number of aliphatic carboxylic acids is 1. The highest BCUT2D eigenvalue weighted by Gasteiger charge is 2.10. The molecule has 0 radical (unpaired) electrons. The molecule has 1 aromatic heterocycles. The third kappa shape index (κ3) is 3.36. The van der Waals surface area contributed by atoms with Crippen LogP contribution in [0.15, 0.2) is 23.6 Å². The van der Waals surface area contributed by atoms with Gasteiger partial charge < -0.3 is 10.4 Å². The van der Waals surface area contributed by atoms with E-state index in [9.17, 15) is 4.79 Å². The zero-order chi connectivity index (χ0) is 14.5. The van der Waals surface area contributed by atoms with Crippen molar-refractivity contribution < 1.29 is 9.90 Å². The standard InChI is InChI=1S/C15H18N2O2S/c1-3-10-6-5-7-11(4-2)14(10)17-15-16-12(9-20-15)8-13(18)19/h5-7,9H,3-4,8H2,1-2H3,(H,16,17)(H,18,19). The molecule has 20 heavy (non-hydrogen) atoms. The number of thiazole rings is 1. The van der Waals surface area contributed by atoms with E-state index in [4.69, 9.17) is 5.11 Å². The molecule has 0 saturated carbocycles. The van der Waals surface area contributed by atoms with Gasteiger partial charge >= 0.3 is 5.97 Å². The average molecular weight is 290 g/mol. The predicted molar refractivity (Wildman–Crippen MR) is 81.9 cm³/mol. The van der Waals surface area contributed by atoms with Gasteiger partial charge in [-0.25, -0.2) is 4.98 Å². The highest BCUT2D eigenvalue weighted by molar-refractivity contribution is 7.13. The van der Waals surface area contributed by atoms with E-state index in [-0.39, 0.29) is 6.42 Å². The van der Waals surface area contributed by atoms with Crippen molar-refractivity contribution in [3.8, 4) is 0 Å². The minimum atomic E-state index is -0.856. The fourth-order valence-corrected chi connectivity index (χ4v) is 2.83. The first kappa shape index (κ1) is 14.5. The van der Waals surface area contributed by atoms with Crippen molar-refractivity contribution in [3.05, 3.63) is 40.4 Å². The van der Waals surface area contributed by atoms with Crippen LogP contribution >= 0.6 is 11.3 Å². The smallest absolute Gasteiger partial charge is 0.309 e. The molecule has 2 N–H and O–H groups in total. The summed E-state index contributed by atoms with van der Waals surface area (Å²) in [6.07, 6.45) is 1.86. The summed E-state index contributed by atoms with van der Waals surface area (Å²) < 4.78 is 0. The summed E-state index contributed by atoms with van der Waals surface area (Å²) in [7, 11) is 0. The number of benzene rings is 1. The van der Waals surface area contributed by atoms with Gasteiger partial charge in [0, 0.05) is 11.1 Å². The number of aryl methyl sites for hydroxylation is 2. The number of anilines is 2. The summed E-state index contributed by atoms with van der Waals surface area (Å²) in [6.45, 7) is 4.25. The number of carboxylic acid groups (broad SMARTS) is 1. The second-order valence-electron chi connectivity index (χ2n) is 4.50. The Balaban J connectivity index is 2.25. The van der Waals surface area contributed by atoms with E-state index in [0.29, 0.717) is 5.69 Å². The monoisotopic (exact) mass is 290 g/mol. The van der Waals surface area contributed by atoms with Crippen LogP contribution in [0.3, 0.4) is 0 Å². The lowest BCUT2D eigenvalue weighted by Gasteiger charge is -2.13. The molecule has 5 heteroatoms. The number of rotatable bonds is 6. The van der Waals surface area contributed by atoms with Crippen LogP contribution in [0.5, 0.6) is 0 Å². The van der Waals surface area contributed by atoms with Gasteiger partial charge in [-0.1, -0.05) is 32.0 Å². The normalized spacial score (nSPS) is 10.5. The van der Waals surface area contributed by atoms with E-state index < -0.39 is 5.97 Å². The van der Waals surface area contributed by atoms with Crippen molar-refractivity contribution in [2.24, 2.45) is 0 Å².